The van der Waals surface area contributed by atoms with Gasteiger partial charge in [0, 0.05) is 37.1 Å². The zero-order valence-corrected chi connectivity index (χ0v) is 18.5. The molecule has 1 aliphatic heterocycles. The molecule has 0 spiro atoms. The molecule has 4 amide bonds. The summed E-state index contributed by atoms with van der Waals surface area (Å²) < 4.78 is 1.67. The zero-order chi connectivity index (χ0) is 23.3. The fourth-order valence-corrected chi connectivity index (χ4v) is 4.56. The summed E-state index contributed by atoms with van der Waals surface area (Å²) in [7, 11) is 1.74. The van der Waals surface area contributed by atoms with E-state index in [4.69, 9.17) is 10.8 Å². The fraction of sp³-hybridized carbons (Fsp3) is 0.429. The predicted molar refractivity (Wildman–Crippen MR) is 118 cm³/mol. The summed E-state index contributed by atoms with van der Waals surface area (Å²) in [5.41, 5.74) is 5.94. The van der Waals surface area contributed by atoms with Gasteiger partial charge in [-0.25, -0.2) is 0 Å². The fourth-order valence-electron chi connectivity index (χ4n) is 3.81. The number of amides is 4. The molecule has 0 aliphatic carbocycles. The van der Waals surface area contributed by atoms with Crippen LogP contribution in [-0.4, -0.2) is 69.5 Å². The lowest BCUT2D eigenvalue weighted by molar-refractivity contribution is -0.132. The topological polar surface area (TPSA) is 147 Å². The summed E-state index contributed by atoms with van der Waals surface area (Å²) in [5, 5.41) is 16.3. The van der Waals surface area contributed by atoms with Crippen LogP contribution in [0.5, 0.6) is 0 Å². The van der Waals surface area contributed by atoms with E-state index in [1.165, 1.54) is 16.2 Å². The molecule has 3 heterocycles. The van der Waals surface area contributed by atoms with E-state index in [9.17, 15) is 19.2 Å². The Morgan fingerprint density at radius 1 is 1.28 bits per heavy atom. The molecule has 0 radical (unpaired) electrons. The molecule has 3 atom stereocenters. The smallest absolute Gasteiger partial charge is 0.271 e. The third kappa shape index (κ3) is 5.54. The largest absolute Gasteiger partial charge is 0.387 e. The zero-order valence-electron chi connectivity index (χ0n) is 17.7. The minimum Gasteiger partial charge on any atom is -0.387 e. The predicted octanol–water partition coefficient (Wildman–Crippen LogP) is -0.619. The molecular weight excluding hydrogens is 434 g/mol. The summed E-state index contributed by atoms with van der Waals surface area (Å²) in [6.07, 6.45) is 2.57. The van der Waals surface area contributed by atoms with Gasteiger partial charge >= 0.3 is 0 Å². The van der Waals surface area contributed by atoms with Crippen LogP contribution in [0, 0.1) is 0 Å². The van der Waals surface area contributed by atoms with Crippen LogP contribution >= 0.6 is 11.3 Å². The van der Waals surface area contributed by atoms with Crippen molar-refractivity contribution in [1.29, 1.82) is 0 Å². The second-order valence-electron chi connectivity index (χ2n) is 7.71. The number of nitrogens with zero attached hydrogens (tertiary/aromatic N) is 2. The number of carbonyl (C=O) groups excluding carboxylic acids is 4. The summed E-state index contributed by atoms with van der Waals surface area (Å²) in [6, 6.07) is 4.85. The third-order valence-electron chi connectivity index (χ3n) is 5.48. The number of hydrogen-bond acceptors (Lipinski definition) is 6. The highest BCUT2D eigenvalue weighted by Crippen LogP contribution is 2.21. The standard InChI is InChI=1S/C21H27N5O5S/c1-25-7-2-5-16(25)21(31)26-8-6-13(23-18(28)12-27)10-17(26)20(30)24-15(19(22)29)11-14-4-3-9-32-14/h2-5,7,9,13,15,17,27H,6,8,10-12H2,1H3,(H2,22,29)(H,23,28)(H,24,30)/t13-,15-,17-/m0/s1. The van der Waals surface area contributed by atoms with Crippen LogP contribution in [0.3, 0.4) is 0 Å². The highest BCUT2D eigenvalue weighted by Gasteiger charge is 2.38. The van der Waals surface area contributed by atoms with Gasteiger partial charge in [-0.3, -0.25) is 19.2 Å². The Kier molecular flexibility index (Phi) is 7.65. The van der Waals surface area contributed by atoms with Crippen LogP contribution < -0.4 is 16.4 Å². The Morgan fingerprint density at radius 2 is 2.06 bits per heavy atom. The monoisotopic (exact) mass is 461 g/mol. The van der Waals surface area contributed by atoms with Crippen molar-refractivity contribution in [2.24, 2.45) is 12.8 Å². The lowest BCUT2D eigenvalue weighted by atomic mass is 9.95. The van der Waals surface area contributed by atoms with Gasteiger partial charge in [0.2, 0.25) is 17.7 Å². The van der Waals surface area contributed by atoms with E-state index in [0.29, 0.717) is 12.1 Å². The molecule has 2 aromatic heterocycles. The number of aliphatic hydroxyl groups is 1. The molecule has 2 aromatic rings. The van der Waals surface area contributed by atoms with Crippen LogP contribution in [-0.2, 0) is 27.9 Å². The number of piperidine rings is 1. The average Bonchev–Trinajstić information content (AvgIpc) is 3.44. The van der Waals surface area contributed by atoms with Gasteiger partial charge in [-0.2, -0.15) is 0 Å². The number of nitrogens with two attached hydrogens (primary N) is 1. The molecular formula is C21H27N5O5S. The van der Waals surface area contributed by atoms with Gasteiger partial charge in [-0.05, 0) is 36.4 Å². The first-order chi connectivity index (χ1) is 15.3. The Morgan fingerprint density at radius 3 is 2.66 bits per heavy atom. The van der Waals surface area contributed by atoms with Crippen molar-refractivity contribution in [3.05, 3.63) is 46.4 Å². The van der Waals surface area contributed by atoms with Crippen LogP contribution in [0.4, 0.5) is 0 Å². The minimum absolute atomic E-state index is 0.151. The van der Waals surface area contributed by atoms with Crippen molar-refractivity contribution >= 4 is 35.0 Å². The normalized spacial score (nSPS) is 19.2. The molecule has 172 valence electrons. The maximum atomic E-state index is 13.2. The van der Waals surface area contributed by atoms with Gasteiger partial charge < -0.3 is 30.9 Å². The molecule has 0 aromatic carbocycles. The van der Waals surface area contributed by atoms with E-state index in [1.807, 2.05) is 17.5 Å². The van der Waals surface area contributed by atoms with E-state index in [0.717, 1.165) is 4.88 Å². The van der Waals surface area contributed by atoms with Gasteiger partial charge in [-0.1, -0.05) is 6.07 Å². The van der Waals surface area contributed by atoms with Gasteiger partial charge in [0.25, 0.3) is 5.91 Å². The number of carbonyl (C=O) groups is 4. The summed E-state index contributed by atoms with van der Waals surface area (Å²) in [6.45, 7) is -0.436. The maximum Gasteiger partial charge on any atom is 0.271 e. The number of rotatable bonds is 8. The maximum absolute atomic E-state index is 13.2. The van der Waals surface area contributed by atoms with Gasteiger partial charge in [0.1, 0.15) is 24.4 Å². The van der Waals surface area contributed by atoms with Crippen molar-refractivity contribution in [1.82, 2.24) is 20.1 Å². The van der Waals surface area contributed by atoms with Crippen LogP contribution in [0.2, 0.25) is 0 Å². The number of nitrogens with one attached hydrogen (secondary N) is 2. The number of aryl methyl sites for hydroxylation is 1. The number of aromatic nitrogens is 1. The van der Waals surface area contributed by atoms with Crippen molar-refractivity contribution < 1.29 is 24.3 Å². The summed E-state index contributed by atoms with van der Waals surface area (Å²) in [4.78, 5) is 52.4. The molecule has 1 aliphatic rings. The minimum atomic E-state index is -0.930. The van der Waals surface area contributed by atoms with E-state index in [-0.39, 0.29) is 25.3 Å². The molecule has 0 saturated carbocycles. The Hall–Kier alpha value is -3.18. The van der Waals surface area contributed by atoms with Gasteiger partial charge in [0.15, 0.2) is 0 Å². The molecule has 0 unspecified atom stereocenters. The first kappa shape index (κ1) is 23.5. The third-order valence-corrected chi connectivity index (χ3v) is 6.38. The second kappa shape index (κ2) is 10.4. The van der Waals surface area contributed by atoms with Crippen LogP contribution in [0.1, 0.15) is 28.2 Å². The lowest BCUT2D eigenvalue weighted by Gasteiger charge is -2.39. The lowest BCUT2D eigenvalue weighted by Crippen LogP contribution is -2.60. The molecule has 32 heavy (non-hydrogen) atoms. The van der Waals surface area contributed by atoms with E-state index in [1.54, 1.807) is 29.9 Å². The molecule has 1 fully saturated rings. The highest BCUT2D eigenvalue weighted by molar-refractivity contribution is 7.09. The van der Waals surface area contributed by atoms with E-state index in [2.05, 4.69) is 10.6 Å². The Labute approximate surface area is 189 Å². The number of likely N-dealkylation sites (tertiary alicyclic amines) is 1. The molecule has 0 bridgehead atoms. The number of hydrogen-bond donors (Lipinski definition) is 4. The average molecular weight is 462 g/mol. The first-order valence-electron chi connectivity index (χ1n) is 10.2. The molecule has 3 rings (SSSR count). The molecule has 1 saturated heterocycles. The molecule has 10 nitrogen and oxygen atoms in total. The van der Waals surface area contributed by atoms with Crippen LogP contribution in [0.25, 0.3) is 0 Å². The molecule has 11 heteroatoms. The number of aliphatic hydroxyl groups excluding tert-OH is 1. The SMILES string of the molecule is Cn1cccc1C(=O)N1CC[C@H](NC(=O)CO)C[C@H]1C(=O)N[C@@H](Cc1cccs1)C(N)=O. The second-order valence-corrected chi connectivity index (χ2v) is 8.74. The Bertz CT molecular complexity index is 973. The Balaban J connectivity index is 1.80. The van der Waals surface area contributed by atoms with Gasteiger partial charge in [0.05, 0.1) is 0 Å². The summed E-state index contributed by atoms with van der Waals surface area (Å²) >= 11 is 1.45. The van der Waals surface area contributed by atoms with Crippen molar-refractivity contribution in [3.8, 4) is 0 Å². The summed E-state index contributed by atoms with van der Waals surface area (Å²) in [5.74, 6) is -2.06. The van der Waals surface area contributed by atoms with E-state index >= 15 is 0 Å². The van der Waals surface area contributed by atoms with Crippen LogP contribution in [0.15, 0.2) is 35.8 Å². The molecule has 5 N–H and O–H groups in total. The van der Waals surface area contributed by atoms with Crippen molar-refractivity contribution in [3.63, 3.8) is 0 Å². The highest BCUT2D eigenvalue weighted by atomic mass is 32.1. The number of primary amides is 1. The number of thiophene rings is 1. The first-order valence-corrected chi connectivity index (χ1v) is 11.1. The van der Waals surface area contributed by atoms with Crippen molar-refractivity contribution in [2.45, 2.75) is 37.4 Å². The van der Waals surface area contributed by atoms with E-state index < -0.39 is 42.5 Å². The van der Waals surface area contributed by atoms with Crippen molar-refractivity contribution in [2.75, 3.05) is 13.2 Å². The quantitative estimate of drug-likeness (QED) is 0.414. The van der Waals surface area contributed by atoms with Gasteiger partial charge in [-0.15, -0.1) is 11.3 Å².